The molecule has 2 N–H and O–H groups in total. The van der Waals surface area contributed by atoms with Gasteiger partial charge in [0.15, 0.2) is 5.82 Å². The van der Waals surface area contributed by atoms with E-state index in [1.165, 1.54) is 5.01 Å². The Balaban J connectivity index is 2.02. The number of thiazole rings is 1. The summed E-state index contributed by atoms with van der Waals surface area (Å²) in [4.78, 5) is 4.60. The summed E-state index contributed by atoms with van der Waals surface area (Å²) in [6.07, 6.45) is 2.18. The van der Waals surface area contributed by atoms with E-state index in [0.717, 1.165) is 35.3 Å². The van der Waals surface area contributed by atoms with E-state index < -0.39 is 0 Å². The number of hydrogen-bond acceptors (Lipinski definition) is 6. The van der Waals surface area contributed by atoms with E-state index in [9.17, 15) is 0 Å². The van der Waals surface area contributed by atoms with Gasteiger partial charge in [0.25, 0.3) is 0 Å². The summed E-state index contributed by atoms with van der Waals surface area (Å²) in [5.74, 6) is 7.63. The molecule has 2 rings (SSSR count). The van der Waals surface area contributed by atoms with Crippen molar-refractivity contribution in [2.75, 3.05) is 5.84 Å². The number of rotatable bonds is 5. The van der Waals surface area contributed by atoms with E-state index in [2.05, 4.69) is 48.3 Å². The first-order valence-corrected chi connectivity index (χ1v) is 8.55. The average molecular weight is 311 g/mol. The van der Waals surface area contributed by atoms with Crippen molar-refractivity contribution >= 4 is 23.1 Å². The Labute approximate surface area is 128 Å². The van der Waals surface area contributed by atoms with Crippen LogP contribution in [-0.4, -0.2) is 19.9 Å². The molecular weight excluding hydrogens is 290 g/mol. The fourth-order valence-electron chi connectivity index (χ4n) is 1.77. The van der Waals surface area contributed by atoms with Crippen LogP contribution in [0, 0.1) is 0 Å². The van der Waals surface area contributed by atoms with E-state index in [1.54, 1.807) is 27.8 Å². The lowest BCUT2D eigenvalue weighted by Gasteiger charge is -2.16. The van der Waals surface area contributed by atoms with Crippen molar-refractivity contribution in [2.24, 2.45) is 0 Å². The number of aromatic nitrogens is 4. The number of nitrogens with two attached hydrogens (primary N) is 1. The second kappa shape index (κ2) is 6.13. The van der Waals surface area contributed by atoms with Gasteiger partial charge < -0.3 is 5.84 Å². The first kappa shape index (κ1) is 15.3. The van der Waals surface area contributed by atoms with Crippen molar-refractivity contribution in [1.82, 2.24) is 19.9 Å². The molecule has 0 aromatic carbocycles. The molecule has 0 aliphatic heterocycles. The fourth-order valence-corrected chi connectivity index (χ4v) is 3.52. The summed E-state index contributed by atoms with van der Waals surface area (Å²) in [6.45, 7) is 8.39. The second-order valence-electron chi connectivity index (χ2n) is 5.70. The topological polar surface area (TPSA) is 69.6 Å². The molecule has 0 atom stereocenters. The molecule has 5 nitrogen and oxygen atoms in total. The quantitative estimate of drug-likeness (QED) is 0.679. The first-order chi connectivity index (χ1) is 9.41. The van der Waals surface area contributed by atoms with Crippen molar-refractivity contribution in [3.63, 3.8) is 0 Å². The van der Waals surface area contributed by atoms with Gasteiger partial charge in [-0.1, -0.05) is 39.5 Å². The van der Waals surface area contributed by atoms with E-state index >= 15 is 0 Å². The molecule has 0 spiro atoms. The van der Waals surface area contributed by atoms with Crippen molar-refractivity contribution in [2.45, 2.75) is 56.9 Å². The van der Waals surface area contributed by atoms with E-state index in [1.807, 2.05) is 0 Å². The van der Waals surface area contributed by atoms with Gasteiger partial charge in [-0.05, 0) is 12.8 Å². The molecule has 0 saturated carbocycles. The van der Waals surface area contributed by atoms with Crippen LogP contribution in [0.2, 0.25) is 0 Å². The molecule has 0 amide bonds. The van der Waals surface area contributed by atoms with Crippen LogP contribution in [0.4, 0.5) is 0 Å². The standard InChI is InChI=1S/C13H21N5S2/c1-5-6-10-15-9(7-19-10)8-20-12-17-16-11(18(12)14)13(2,3)4/h7H,5-6,8,14H2,1-4H3. The van der Waals surface area contributed by atoms with Crippen LogP contribution in [0.3, 0.4) is 0 Å². The summed E-state index contributed by atoms with van der Waals surface area (Å²) in [6, 6.07) is 0. The Bertz CT molecular complexity index is 568. The maximum Gasteiger partial charge on any atom is 0.210 e. The predicted molar refractivity (Wildman–Crippen MR) is 84.5 cm³/mol. The highest BCUT2D eigenvalue weighted by Crippen LogP contribution is 2.26. The Kier molecular flexibility index (Phi) is 4.70. The van der Waals surface area contributed by atoms with Crippen LogP contribution in [0.25, 0.3) is 0 Å². The third-order valence-corrected chi connectivity index (χ3v) is 4.68. The number of hydrogen-bond donors (Lipinski definition) is 1. The zero-order valence-electron chi connectivity index (χ0n) is 12.4. The molecule has 0 radical (unpaired) electrons. The van der Waals surface area contributed by atoms with Crippen molar-refractivity contribution in [3.05, 3.63) is 21.9 Å². The van der Waals surface area contributed by atoms with Gasteiger partial charge in [0.05, 0.1) is 10.7 Å². The Morgan fingerprint density at radius 1 is 1.35 bits per heavy atom. The van der Waals surface area contributed by atoms with Gasteiger partial charge in [0.2, 0.25) is 5.16 Å². The largest absolute Gasteiger partial charge is 0.336 e. The minimum absolute atomic E-state index is 0.102. The van der Waals surface area contributed by atoms with Crippen LogP contribution in [0.15, 0.2) is 10.5 Å². The Morgan fingerprint density at radius 3 is 2.70 bits per heavy atom. The molecule has 0 aliphatic rings. The van der Waals surface area contributed by atoms with E-state index in [0.29, 0.717) is 0 Å². The molecule has 0 bridgehead atoms. The average Bonchev–Trinajstić information content (AvgIpc) is 2.93. The minimum Gasteiger partial charge on any atom is -0.336 e. The van der Waals surface area contributed by atoms with Crippen LogP contribution in [-0.2, 0) is 17.6 Å². The molecule has 2 heterocycles. The number of nitrogens with zero attached hydrogens (tertiary/aromatic N) is 4. The fraction of sp³-hybridized carbons (Fsp3) is 0.615. The molecule has 2 aromatic rings. The third-order valence-electron chi connectivity index (χ3n) is 2.75. The predicted octanol–water partition coefficient (Wildman–Crippen LogP) is 2.99. The molecule has 20 heavy (non-hydrogen) atoms. The molecule has 7 heteroatoms. The summed E-state index contributed by atoms with van der Waals surface area (Å²) in [7, 11) is 0. The highest BCUT2D eigenvalue weighted by molar-refractivity contribution is 7.98. The zero-order chi connectivity index (χ0) is 14.8. The number of thioether (sulfide) groups is 1. The molecule has 110 valence electrons. The van der Waals surface area contributed by atoms with Crippen LogP contribution >= 0.6 is 23.1 Å². The summed E-state index contributed by atoms with van der Waals surface area (Å²) in [5.41, 5.74) is 0.985. The Hall–Kier alpha value is -1.08. The lowest BCUT2D eigenvalue weighted by atomic mass is 9.96. The summed E-state index contributed by atoms with van der Waals surface area (Å²) >= 11 is 3.30. The van der Waals surface area contributed by atoms with Crippen LogP contribution in [0.1, 0.15) is 50.6 Å². The second-order valence-corrected chi connectivity index (χ2v) is 7.58. The van der Waals surface area contributed by atoms with Gasteiger partial charge in [0, 0.05) is 16.5 Å². The van der Waals surface area contributed by atoms with Gasteiger partial charge in [-0.15, -0.1) is 21.5 Å². The minimum atomic E-state index is -0.102. The van der Waals surface area contributed by atoms with Gasteiger partial charge in [-0.3, -0.25) is 0 Å². The maximum atomic E-state index is 6.06. The lowest BCUT2D eigenvalue weighted by molar-refractivity contribution is 0.523. The third kappa shape index (κ3) is 3.52. The van der Waals surface area contributed by atoms with Crippen molar-refractivity contribution < 1.29 is 0 Å². The summed E-state index contributed by atoms with van der Waals surface area (Å²) in [5, 5.41) is 12.4. The SMILES string of the molecule is CCCc1nc(CSc2nnc(C(C)(C)C)n2N)cs1. The first-order valence-electron chi connectivity index (χ1n) is 6.69. The van der Waals surface area contributed by atoms with Crippen LogP contribution in [0.5, 0.6) is 0 Å². The highest BCUT2D eigenvalue weighted by Gasteiger charge is 2.23. The monoisotopic (exact) mass is 311 g/mol. The maximum absolute atomic E-state index is 6.06. The van der Waals surface area contributed by atoms with Gasteiger partial charge in [-0.2, -0.15) is 0 Å². The van der Waals surface area contributed by atoms with Gasteiger partial charge in [0.1, 0.15) is 0 Å². The van der Waals surface area contributed by atoms with E-state index in [-0.39, 0.29) is 5.41 Å². The lowest BCUT2D eigenvalue weighted by Crippen LogP contribution is -2.24. The number of aryl methyl sites for hydroxylation is 1. The van der Waals surface area contributed by atoms with Gasteiger partial charge >= 0.3 is 0 Å². The molecule has 2 aromatic heterocycles. The molecule has 0 fully saturated rings. The normalized spacial score (nSPS) is 12.0. The van der Waals surface area contributed by atoms with Crippen LogP contribution < -0.4 is 5.84 Å². The van der Waals surface area contributed by atoms with Crippen molar-refractivity contribution in [3.8, 4) is 0 Å². The van der Waals surface area contributed by atoms with Gasteiger partial charge in [-0.25, -0.2) is 9.66 Å². The van der Waals surface area contributed by atoms with E-state index in [4.69, 9.17) is 5.84 Å². The Morgan fingerprint density at radius 2 is 2.10 bits per heavy atom. The zero-order valence-corrected chi connectivity index (χ0v) is 14.0. The molecular formula is C13H21N5S2. The smallest absolute Gasteiger partial charge is 0.210 e. The molecule has 0 unspecified atom stereocenters. The molecule has 0 aliphatic carbocycles. The summed E-state index contributed by atoms with van der Waals surface area (Å²) < 4.78 is 1.59. The molecule has 0 saturated heterocycles. The van der Waals surface area contributed by atoms with Crippen molar-refractivity contribution in [1.29, 1.82) is 0 Å². The highest BCUT2D eigenvalue weighted by atomic mass is 32.2. The number of nitrogen functional groups attached to an aromatic ring is 1.